The van der Waals surface area contributed by atoms with Gasteiger partial charge in [-0.2, -0.15) is 5.10 Å². The second kappa shape index (κ2) is 6.97. The van der Waals surface area contributed by atoms with Gasteiger partial charge in [-0.3, -0.25) is 4.90 Å². The van der Waals surface area contributed by atoms with Gasteiger partial charge < -0.3 is 0 Å². The van der Waals surface area contributed by atoms with E-state index in [4.69, 9.17) is 0 Å². The van der Waals surface area contributed by atoms with Gasteiger partial charge in [0.15, 0.2) is 0 Å². The summed E-state index contributed by atoms with van der Waals surface area (Å²) in [7, 11) is 2.01. The van der Waals surface area contributed by atoms with Gasteiger partial charge in [-0.1, -0.05) is 36.4 Å². The minimum Gasteiger partial charge on any atom is -0.298 e. The number of hydrogen-bond acceptors (Lipinski definition) is 2. The molecule has 0 fully saturated rings. The smallest absolute Gasteiger partial charge is 0.127 e. The van der Waals surface area contributed by atoms with Gasteiger partial charge in [-0.15, -0.1) is 0 Å². The predicted molar refractivity (Wildman–Crippen MR) is 94.6 cm³/mol. The molecular formula is C20H22FN3. The summed E-state index contributed by atoms with van der Waals surface area (Å²) in [5.41, 5.74) is 5.10. The van der Waals surface area contributed by atoms with Crippen LogP contribution < -0.4 is 0 Å². The molecule has 0 N–H and O–H groups in total. The number of para-hydroxylation sites is 1. The number of aryl methyl sites for hydroxylation is 1. The Morgan fingerprint density at radius 2 is 1.62 bits per heavy atom. The Morgan fingerprint density at radius 1 is 0.958 bits per heavy atom. The summed E-state index contributed by atoms with van der Waals surface area (Å²) in [5.74, 6) is -0.155. The van der Waals surface area contributed by atoms with Crippen LogP contribution in [0.15, 0.2) is 54.6 Å². The molecule has 1 heterocycles. The van der Waals surface area contributed by atoms with Crippen molar-refractivity contribution in [3.8, 4) is 5.69 Å². The van der Waals surface area contributed by atoms with E-state index < -0.39 is 0 Å². The SMILES string of the molecule is Cc1nn(-c2ccccc2)c(C)c1CN(C)Cc1ccccc1F. The first kappa shape index (κ1) is 16.4. The van der Waals surface area contributed by atoms with E-state index in [1.807, 2.05) is 61.1 Å². The van der Waals surface area contributed by atoms with Crippen molar-refractivity contribution in [3.05, 3.63) is 82.9 Å². The maximum absolute atomic E-state index is 13.8. The van der Waals surface area contributed by atoms with Crippen LogP contribution in [0.4, 0.5) is 4.39 Å². The topological polar surface area (TPSA) is 21.1 Å². The zero-order valence-electron chi connectivity index (χ0n) is 14.3. The van der Waals surface area contributed by atoms with Crippen molar-refractivity contribution < 1.29 is 4.39 Å². The van der Waals surface area contributed by atoms with E-state index >= 15 is 0 Å². The summed E-state index contributed by atoms with van der Waals surface area (Å²) < 4.78 is 15.8. The van der Waals surface area contributed by atoms with Crippen molar-refractivity contribution >= 4 is 0 Å². The molecule has 0 radical (unpaired) electrons. The molecule has 3 nitrogen and oxygen atoms in total. The van der Waals surface area contributed by atoms with Crippen LogP contribution in [-0.4, -0.2) is 21.7 Å². The molecule has 0 aliphatic rings. The summed E-state index contributed by atoms with van der Waals surface area (Å²) in [5, 5.41) is 4.67. The van der Waals surface area contributed by atoms with Crippen LogP contribution in [0.25, 0.3) is 5.69 Å². The Bertz CT molecular complexity index is 824. The van der Waals surface area contributed by atoms with Gasteiger partial charge in [-0.25, -0.2) is 9.07 Å². The molecule has 0 aliphatic carbocycles. The first-order valence-corrected chi connectivity index (χ1v) is 8.08. The van der Waals surface area contributed by atoms with Gasteiger partial charge in [0, 0.05) is 29.9 Å². The van der Waals surface area contributed by atoms with E-state index in [1.165, 1.54) is 11.6 Å². The summed E-state index contributed by atoms with van der Waals surface area (Å²) in [6, 6.07) is 17.0. The summed E-state index contributed by atoms with van der Waals surface area (Å²) >= 11 is 0. The average molecular weight is 323 g/mol. The molecular weight excluding hydrogens is 301 g/mol. The van der Waals surface area contributed by atoms with Crippen LogP contribution >= 0.6 is 0 Å². The average Bonchev–Trinajstić information content (AvgIpc) is 2.86. The molecule has 2 aromatic carbocycles. The molecule has 0 saturated heterocycles. The summed E-state index contributed by atoms with van der Waals surface area (Å²) in [6.07, 6.45) is 0. The molecule has 0 spiro atoms. The number of halogens is 1. The first-order chi connectivity index (χ1) is 11.6. The zero-order chi connectivity index (χ0) is 17.1. The maximum Gasteiger partial charge on any atom is 0.127 e. The molecule has 0 bridgehead atoms. The summed E-state index contributed by atoms with van der Waals surface area (Å²) in [6.45, 7) is 5.42. The maximum atomic E-state index is 13.8. The van der Waals surface area contributed by atoms with Gasteiger partial charge in [-0.05, 0) is 39.1 Å². The van der Waals surface area contributed by atoms with E-state index in [9.17, 15) is 4.39 Å². The molecule has 4 heteroatoms. The highest BCUT2D eigenvalue weighted by atomic mass is 19.1. The van der Waals surface area contributed by atoms with Crippen LogP contribution in [0.1, 0.15) is 22.5 Å². The van der Waals surface area contributed by atoms with Crippen LogP contribution in [0.3, 0.4) is 0 Å². The fourth-order valence-corrected chi connectivity index (χ4v) is 2.97. The second-order valence-electron chi connectivity index (χ2n) is 6.16. The molecule has 124 valence electrons. The Hall–Kier alpha value is -2.46. The first-order valence-electron chi connectivity index (χ1n) is 8.08. The van der Waals surface area contributed by atoms with Crippen LogP contribution in [0.5, 0.6) is 0 Å². The number of benzene rings is 2. The molecule has 0 atom stereocenters. The molecule has 0 saturated carbocycles. The van der Waals surface area contributed by atoms with Gasteiger partial charge >= 0.3 is 0 Å². The molecule has 24 heavy (non-hydrogen) atoms. The zero-order valence-corrected chi connectivity index (χ0v) is 14.3. The van der Waals surface area contributed by atoms with Crippen molar-refractivity contribution in [1.82, 2.24) is 14.7 Å². The lowest BCUT2D eigenvalue weighted by molar-refractivity contribution is 0.312. The Morgan fingerprint density at radius 3 is 2.33 bits per heavy atom. The lowest BCUT2D eigenvalue weighted by Crippen LogP contribution is -2.19. The van der Waals surface area contributed by atoms with E-state index in [0.717, 1.165) is 23.6 Å². The van der Waals surface area contributed by atoms with E-state index in [0.29, 0.717) is 12.1 Å². The normalized spacial score (nSPS) is 11.2. The summed E-state index contributed by atoms with van der Waals surface area (Å²) in [4.78, 5) is 2.12. The van der Waals surface area contributed by atoms with Crippen molar-refractivity contribution in [2.75, 3.05) is 7.05 Å². The predicted octanol–water partition coefficient (Wildman–Crippen LogP) is 4.26. The number of nitrogens with zero attached hydrogens (tertiary/aromatic N) is 3. The van der Waals surface area contributed by atoms with Crippen LogP contribution in [0.2, 0.25) is 0 Å². The largest absolute Gasteiger partial charge is 0.298 e. The Balaban J connectivity index is 1.80. The van der Waals surface area contributed by atoms with Gasteiger partial charge in [0.25, 0.3) is 0 Å². The molecule has 1 aromatic heterocycles. The third-order valence-corrected chi connectivity index (χ3v) is 4.27. The molecule has 3 rings (SSSR count). The fourth-order valence-electron chi connectivity index (χ4n) is 2.97. The van der Waals surface area contributed by atoms with Crippen LogP contribution in [0, 0.1) is 19.7 Å². The third kappa shape index (κ3) is 3.39. The standard InChI is InChI=1S/C20H22FN3/c1-15-19(14-23(3)13-17-9-7-8-12-20(17)21)16(2)24(22-15)18-10-5-4-6-11-18/h4-12H,13-14H2,1-3H3. The fraction of sp³-hybridized carbons (Fsp3) is 0.250. The minimum absolute atomic E-state index is 0.155. The third-order valence-electron chi connectivity index (χ3n) is 4.27. The van der Waals surface area contributed by atoms with Gasteiger partial charge in [0.05, 0.1) is 11.4 Å². The number of aromatic nitrogens is 2. The monoisotopic (exact) mass is 323 g/mol. The highest BCUT2D eigenvalue weighted by Gasteiger charge is 2.15. The van der Waals surface area contributed by atoms with E-state index in [2.05, 4.69) is 16.9 Å². The molecule has 0 amide bonds. The van der Waals surface area contributed by atoms with Gasteiger partial charge in [0.2, 0.25) is 0 Å². The minimum atomic E-state index is -0.155. The highest BCUT2D eigenvalue weighted by Crippen LogP contribution is 2.20. The number of rotatable bonds is 5. The van der Waals surface area contributed by atoms with Gasteiger partial charge in [0.1, 0.15) is 5.82 Å². The lowest BCUT2D eigenvalue weighted by atomic mass is 10.1. The highest BCUT2D eigenvalue weighted by molar-refractivity contribution is 5.36. The van der Waals surface area contributed by atoms with Crippen molar-refractivity contribution in [2.45, 2.75) is 26.9 Å². The molecule has 0 aliphatic heterocycles. The van der Waals surface area contributed by atoms with Crippen molar-refractivity contribution in [1.29, 1.82) is 0 Å². The Labute approximate surface area is 142 Å². The molecule has 3 aromatic rings. The molecule has 0 unspecified atom stereocenters. The quantitative estimate of drug-likeness (QED) is 0.699. The second-order valence-corrected chi connectivity index (χ2v) is 6.16. The van der Waals surface area contributed by atoms with Crippen molar-refractivity contribution in [2.24, 2.45) is 0 Å². The Kier molecular flexibility index (Phi) is 4.76. The van der Waals surface area contributed by atoms with Crippen molar-refractivity contribution in [3.63, 3.8) is 0 Å². The van der Waals surface area contributed by atoms with E-state index in [1.54, 1.807) is 6.07 Å². The van der Waals surface area contributed by atoms with Crippen LogP contribution in [-0.2, 0) is 13.1 Å². The lowest BCUT2D eigenvalue weighted by Gasteiger charge is -2.17. The number of hydrogen-bond donors (Lipinski definition) is 0. The van der Waals surface area contributed by atoms with E-state index in [-0.39, 0.29) is 5.82 Å².